The van der Waals surface area contributed by atoms with E-state index in [1.165, 1.54) is 24.3 Å². The number of aliphatic hydroxyl groups is 1. The van der Waals surface area contributed by atoms with Gasteiger partial charge in [0.25, 0.3) is 5.91 Å². The third-order valence-electron chi connectivity index (χ3n) is 3.76. The van der Waals surface area contributed by atoms with E-state index in [0.717, 1.165) is 12.1 Å². The zero-order valence-corrected chi connectivity index (χ0v) is 16.3. The Labute approximate surface area is 171 Å². The molecule has 0 bridgehead atoms. The molecule has 30 heavy (non-hydrogen) atoms. The van der Waals surface area contributed by atoms with Crippen LogP contribution in [0.1, 0.15) is 35.9 Å². The third-order valence-corrected chi connectivity index (χ3v) is 3.76. The molecule has 4 N–H and O–H groups in total. The minimum Gasteiger partial charge on any atom is -0.406 e. The second-order valence-corrected chi connectivity index (χ2v) is 6.68. The van der Waals surface area contributed by atoms with Gasteiger partial charge < -0.3 is 25.8 Å². The van der Waals surface area contributed by atoms with E-state index >= 15 is 0 Å². The van der Waals surface area contributed by atoms with E-state index in [1.807, 2.05) is 13.8 Å². The van der Waals surface area contributed by atoms with E-state index in [9.17, 15) is 27.9 Å². The summed E-state index contributed by atoms with van der Waals surface area (Å²) >= 11 is 0. The fourth-order valence-corrected chi connectivity index (χ4v) is 2.47. The second kappa shape index (κ2) is 9.97. The second-order valence-electron chi connectivity index (χ2n) is 6.68. The molecule has 0 spiro atoms. The first-order valence-electron chi connectivity index (χ1n) is 9.03. The number of aliphatic hydroxyl groups excluding tert-OH is 1. The number of anilines is 1. The molecule has 1 unspecified atom stereocenters. The number of hydrogen-bond acceptors (Lipinski definition) is 4. The lowest BCUT2D eigenvalue weighted by Gasteiger charge is -2.14. The summed E-state index contributed by atoms with van der Waals surface area (Å²) in [6, 6.07) is 10.5. The molecule has 0 fully saturated rings. The van der Waals surface area contributed by atoms with Gasteiger partial charge in [-0.1, -0.05) is 18.2 Å². The summed E-state index contributed by atoms with van der Waals surface area (Å²) in [5.74, 6) is -0.896. The van der Waals surface area contributed by atoms with Crippen molar-refractivity contribution in [3.63, 3.8) is 0 Å². The molecule has 1 atom stereocenters. The van der Waals surface area contributed by atoms with Gasteiger partial charge in [0.1, 0.15) is 5.75 Å². The Hall–Kier alpha value is -3.27. The standard InChI is InChI=1S/C20H22F3N3O4/c1-12(2)25-19(29)26-15-5-3-4-14(10-15)18(28)24-11-17(27)13-6-8-16(9-7-13)30-20(21,22)23/h3-10,12,17,27H,11H2,1-2H3,(H,24,28)(H2,25,26,29). The van der Waals surface area contributed by atoms with Crippen LogP contribution in [0.25, 0.3) is 0 Å². The molecule has 2 aromatic carbocycles. The van der Waals surface area contributed by atoms with Gasteiger partial charge in [0, 0.05) is 23.8 Å². The SMILES string of the molecule is CC(C)NC(=O)Nc1cccc(C(=O)NCC(O)c2ccc(OC(F)(F)F)cc2)c1. The molecule has 0 saturated heterocycles. The van der Waals surface area contributed by atoms with Crippen LogP contribution in [0.2, 0.25) is 0 Å². The summed E-state index contributed by atoms with van der Waals surface area (Å²) in [4.78, 5) is 24.1. The van der Waals surface area contributed by atoms with Gasteiger partial charge in [0.15, 0.2) is 0 Å². The maximum absolute atomic E-state index is 12.3. The molecular formula is C20H22F3N3O4. The highest BCUT2D eigenvalue weighted by Crippen LogP contribution is 2.24. The quantitative estimate of drug-likeness (QED) is 0.545. The number of carbonyl (C=O) groups is 2. The third kappa shape index (κ3) is 7.63. The van der Waals surface area contributed by atoms with Crippen LogP contribution in [-0.2, 0) is 0 Å². The normalized spacial score (nSPS) is 12.2. The van der Waals surface area contributed by atoms with Gasteiger partial charge in [-0.2, -0.15) is 0 Å². The van der Waals surface area contributed by atoms with Crippen LogP contribution in [0.3, 0.4) is 0 Å². The van der Waals surface area contributed by atoms with Gasteiger partial charge in [-0.05, 0) is 49.7 Å². The smallest absolute Gasteiger partial charge is 0.406 e. The molecule has 0 saturated carbocycles. The van der Waals surface area contributed by atoms with Crippen molar-refractivity contribution in [1.82, 2.24) is 10.6 Å². The van der Waals surface area contributed by atoms with Crippen LogP contribution < -0.4 is 20.7 Å². The highest BCUT2D eigenvalue weighted by atomic mass is 19.4. The van der Waals surface area contributed by atoms with Crippen molar-refractivity contribution in [2.45, 2.75) is 32.4 Å². The number of hydrogen-bond donors (Lipinski definition) is 4. The minimum atomic E-state index is -4.80. The van der Waals surface area contributed by atoms with Crippen molar-refractivity contribution in [2.75, 3.05) is 11.9 Å². The first-order valence-corrected chi connectivity index (χ1v) is 9.03. The lowest BCUT2D eigenvalue weighted by molar-refractivity contribution is -0.274. The summed E-state index contributed by atoms with van der Waals surface area (Å²) in [5.41, 5.74) is 0.991. The molecule has 162 valence electrons. The maximum Gasteiger partial charge on any atom is 0.573 e. The van der Waals surface area contributed by atoms with Crippen molar-refractivity contribution < 1.29 is 32.6 Å². The molecule has 2 aromatic rings. The summed E-state index contributed by atoms with van der Waals surface area (Å²) in [7, 11) is 0. The number of amides is 3. The Kier molecular flexibility index (Phi) is 7.65. The van der Waals surface area contributed by atoms with Crippen LogP contribution in [0.4, 0.5) is 23.7 Å². The maximum atomic E-state index is 12.3. The average Bonchev–Trinajstić information content (AvgIpc) is 2.64. The number of halogens is 3. The van der Waals surface area contributed by atoms with E-state index in [-0.39, 0.29) is 18.2 Å². The zero-order valence-electron chi connectivity index (χ0n) is 16.3. The zero-order chi connectivity index (χ0) is 22.3. The van der Waals surface area contributed by atoms with Gasteiger partial charge in [-0.15, -0.1) is 13.2 Å². The first-order chi connectivity index (χ1) is 14.0. The topological polar surface area (TPSA) is 99.7 Å². The molecule has 3 amide bonds. The van der Waals surface area contributed by atoms with E-state index < -0.39 is 30.2 Å². The lowest BCUT2D eigenvalue weighted by atomic mass is 10.1. The van der Waals surface area contributed by atoms with Crippen molar-refractivity contribution in [2.24, 2.45) is 0 Å². The van der Waals surface area contributed by atoms with Gasteiger partial charge >= 0.3 is 12.4 Å². The largest absolute Gasteiger partial charge is 0.573 e. The molecule has 0 aliphatic heterocycles. The van der Waals surface area contributed by atoms with E-state index in [4.69, 9.17) is 0 Å². The number of nitrogens with one attached hydrogen (secondary N) is 3. The number of urea groups is 1. The van der Waals surface area contributed by atoms with E-state index in [1.54, 1.807) is 12.1 Å². The van der Waals surface area contributed by atoms with Gasteiger partial charge in [-0.25, -0.2) is 4.79 Å². The minimum absolute atomic E-state index is 0.0490. The van der Waals surface area contributed by atoms with Crippen molar-refractivity contribution >= 4 is 17.6 Å². The number of rotatable bonds is 7. The molecule has 0 radical (unpaired) electrons. The molecule has 0 aliphatic rings. The summed E-state index contributed by atoms with van der Waals surface area (Å²) in [5, 5.41) is 18.0. The molecule has 0 heterocycles. The Morgan fingerprint density at radius 2 is 1.77 bits per heavy atom. The highest BCUT2D eigenvalue weighted by molar-refractivity contribution is 5.96. The predicted octanol–water partition coefficient (Wildman–Crippen LogP) is 3.58. The lowest BCUT2D eigenvalue weighted by Crippen LogP contribution is -2.34. The summed E-state index contributed by atoms with van der Waals surface area (Å²) < 4.78 is 40.3. The van der Waals surface area contributed by atoms with Crippen molar-refractivity contribution in [3.05, 3.63) is 59.7 Å². The van der Waals surface area contributed by atoms with Crippen LogP contribution in [0.5, 0.6) is 5.75 Å². The molecule has 0 aromatic heterocycles. The first kappa shape index (κ1) is 23.0. The molecule has 7 nitrogen and oxygen atoms in total. The fraction of sp³-hybridized carbons (Fsp3) is 0.300. The summed E-state index contributed by atoms with van der Waals surface area (Å²) in [6.45, 7) is 3.46. The monoisotopic (exact) mass is 425 g/mol. The number of benzene rings is 2. The number of alkyl halides is 3. The number of carbonyl (C=O) groups excluding carboxylic acids is 2. The van der Waals surface area contributed by atoms with Crippen LogP contribution >= 0.6 is 0 Å². The van der Waals surface area contributed by atoms with E-state index in [0.29, 0.717) is 11.3 Å². The average molecular weight is 425 g/mol. The van der Waals surface area contributed by atoms with Crippen molar-refractivity contribution in [3.8, 4) is 5.75 Å². The highest BCUT2D eigenvalue weighted by Gasteiger charge is 2.31. The Morgan fingerprint density at radius 1 is 1.10 bits per heavy atom. The van der Waals surface area contributed by atoms with Gasteiger partial charge in [0.05, 0.1) is 6.10 Å². The Balaban J connectivity index is 1.92. The Bertz CT molecular complexity index is 870. The number of ether oxygens (including phenoxy) is 1. The Morgan fingerprint density at radius 3 is 2.37 bits per heavy atom. The molecule has 10 heteroatoms. The molecule has 0 aliphatic carbocycles. The van der Waals surface area contributed by atoms with Gasteiger partial charge in [0.2, 0.25) is 0 Å². The fourth-order valence-electron chi connectivity index (χ4n) is 2.47. The summed E-state index contributed by atoms with van der Waals surface area (Å²) in [6.07, 6.45) is -5.93. The molecular weight excluding hydrogens is 403 g/mol. The van der Waals surface area contributed by atoms with Crippen LogP contribution in [0, 0.1) is 0 Å². The molecule has 2 rings (SSSR count). The van der Waals surface area contributed by atoms with Crippen molar-refractivity contribution in [1.29, 1.82) is 0 Å². The van der Waals surface area contributed by atoms with Gasteiger partial charge in [-0.3, -0.25) is 4.79 Å². The van der Waals surface area contributed by atoms with Crippen LogP contribution in [-0.4, -0.2) is 36.0 Å². The van der Waals surface area contributed by atoms with E-state index in [2.05, 4.69) is 20.7 Å². The predicted molar refractivity (Wildman–Crippen MR) is 104 cm³/mol. The van der Waals surface area contributed by atoms with Crippen LogP contribution in [0.15, 0.2) is 48.5 Å².